The fourth-order valence-corrected chi connectivity index (χ4v) is 4.64. The van der Waals surface area contributed by atoms with Crippen LogP contribution < -0.4 is 15.5 Å². The van der Waals surface area contributed by atoms with Crippen LogP contribution in [0.25, 0.3) is 0 Å². The third kappa shape index (κ3) is 5.74. The second kappa shape index (κ2) is 10.6. The van der Waals surface area contributed by atoms with Gasteiger partial charge in [0.15, 0.2) is 0 Å². The van der Waals surface area contributed by atoms with Crippen molar-refractivity contribution in [2.45, 2.75) is 11.3 Å². The molecule has 33 heavy (non-hydrogen) atoms. The van der Waals surface area contributed by atoms with Crippen molar-refractivity contribution in [3.8, 4) is 0 Å². The molecule has 1 aliphatic heterocycles. The molecule has 1 heterocycles. The summed E-state index contributed by atoms with van der Waals surface area (Å²) < 4.78 is 0. The second-order valence-electron chi connectivity index (χ2n) is 7.45. The summed E-state index contributed by atoms with van der Waals surface area (Å²) in [6.45, 7) is 0.494. The molecule has 0 unspecified atom stereocenters. The van der Waals surface area contributed by atoms with Gasteiger partial charge in [-0.05, 0) is 54.4 Å². The van der Waals surface area contributed by atoms with Crippen molar-refractivity contribution in [2.75, 3.05) is 29.1 Å². The first-order valence-electron chi connectivity index (χ1n) is 10.4. The highest BCUT2D eigenvalue weighted by molar-refractivity contribution is 8.00. The molecule has 3 aromatic rings. The molecule has 8 heteroatoms. The van der Waals surface area contributed by atoms with Crippen LogP contribution in [0.5, 0.6) is 0 Å². The van der Waals surface area contributed by atoms with E-state index in [1.54, 1.807) is 47.4 Å². The number of nitrogens with zero attached hydrogens (tertiary/aromatic N) is 1. The van der Waals surface area contributed by atoms with Crippen LogP contribution in [0.4, 0.5) is 11.4 Å². The van der Waals surface area contributed by atoms with Crippen LogP contribution in [-0.4, -0.2) is 36.6 Å². The monoisotopic (exact) mass is 479 g/mol. The van der Waals surface area contributed by atoms with E-state index in [0.717, 1.165) is 12.1 Å². The molecular formula is C25H22ClN3O3S. The molecule has 0 saturated heterocycles. The van der Waals surface area contributed by atoms with E-state index < -0.39 is 0 Å². The van der Waals surface area contributed by atoms with Gasteiger partial charge in [-0.2, -0.15) is 0 Å². The summed E-state index contributed by atoms with van der Waals surface area (Å²) in [7, 11) is 0. The van der Waals surface area contributed by atoms with Gasteiger partial charge in [-0.15, -0.1) is 11.8 Å². The van der Waals surface area contributed by atoms with Crippen LogP contribution in [0.2, 0.25) is 5.02 Å². The van der Waals surface area contributed by atoms with Crippen molar-refractivity contribution < 1.29 is 14.4 Å². The van der Waals surface area contributed by atoms with Gasteiger partial charge in [0.05, 0.1) is 17.9 Å². The molecule has 0 fully saturated rings. The molecule has 6 nitrogen and oxygen atoms in total. The van der Waals surface area contributed by atoms with Gasteiger partial charge in [0.2, 0.25) is 11.8 Å². The molecule has 0 spiro atoms. The number of hydrogen-bond donors (Lipinski definition) is 2. The number of nitrogens with one attached hydrogen (secondary N) is 2. The normalized spacial score (nSPS) is 12.2. The predicted molar refractivity (Wildman–Crippen MR) is 132 cm³/mol. The van der Waals surface area contributed by atoms with E-state index in [9.17, 15) is 14.4 Å². The first-order chi connectivity index (χ1) is 16.0. The molecule has 3 amide bonds. The van der Waals surface area contributed by atoms with Gasteiger partial charge in [0.25, 0.3) is 5.91 Å². The molecule has 3 aromatic carbocycles. The topological polar surface area (TPSA) is 78.5 Å². The Balaban J connectivity index is 1.33. The zero-order valence-corrected chi connectivity index (χ0v) is 19.3. The minimum Gasteiger partial charge on any atom is -0.343 e. The standard InChI is InChI=1S/C25H22ClN3O3S/c26-18-9-11-19(12-10-18)28-23(30)15-27-25(32)20-6-2-4-8-22(20)33-16-24(31)29-14-13-17-5-1-3-7-21(17)29/h1-12H,13-16H2,(H,27,32)(H,28,30). The highest BCUT2D eigenvalue weighted by atomic mass is 35.5. The van der Waals surface area contributed by atoms with Crippen molar-refractivity contribution >= 4 is 52.5 Å². The van der Waals surface area contributed by atoms with E-state index in [1.807, 2.05) is 30.3 Å². The van der Waals surface area contributed by atoms with Crippen LogP contribution in [0.15, 0.2) is 77.7 Å². The Morgan fingerprint density at radius 3 is 2.48 bits per heavy atom. The number of fused-ring (bicyclic) bond motifs is 1. The zero-order valence-electron chi connectivity index (χ0n) is 17.7. The van der Waals surface area contributed by atoms with E-state index in [1.165, 1.54) is 17.3 Å². The number of halogens is 1. The predicted octanol–water partition coefficient (Wildman–Crippen LogP) is 4.39. The lowest BCUT2D eigenvalue weighted by atomic mass is 10.2. The van der Waals surface area contributed by atoms with Gasteiger partial charge in [0, 0.05) is 27.8 Å². The van der Waals surface area contributed by atoms with Gasteiger partial charge in [-0.3, -0.25) is 14.4 Å². The first kappa shape index (κ1) is 22.9. The minimum atomic E-state index is -0.372. The minimum absolute atomic E-state index is 0.00232. The van der Waals surface area contributed by atoms with Crippen molar-refractivity contribution in [2.24, 2.45) is 0 Å². The molecule has 0 saturated carbocycles. The fraction of sp³-hybridized carbons (Fsp3) is 0.160. The van der Waals surface area contributed by atoms with E-state index >= 15 is 0 Å². The number of rotatable bonds is 7. The highest BCUT2D eigenvalue weighted by Gasteiger charge is 2.24. The Bertz CT molecular complexity index is 1180. The van der Waals surface area contributed by atoms with Gasteiger partial charge >= 0.3 is 0 Å². The Hall–Kier alpha value is -3.29. The Kier molecular flexibility index (Phi) is 7.32. The lowest BCUT2D eigenvalue weighted by Gasteiger charge is -2.17. The maximum atomic E-state index is 12.8. The van der Waals surface area contributed by atoms with Gasteiger partial charge < -0.3 is 15.5 Å². The average Bonchev–Trinajstić information content (AvgIpc) is 3.27. The summed E-state index contributed by atoms with van der Waals surface area (Å²) in [6, 6.07) is 21.7. The number of carbonyl (C=O) groups excluding carboxylic acids is 3. The summed E-state index contributed by atoms with van der Waals surface area (Å²) in [5.74, 6) is -0.500. The van der Waals surface area contributed by atoms with Crippen LogP contribution in [0, 0.1) is 0 Å². The van der Waals surface area contributed by atoms with Crippen LogP contribution in [-0.2, 0) is 16.0 Å². The van der Waals surface area contributed by atoms with Crippen molar-refractivity contribution in [1.82, 2.24) is 5.32 Å². The van der Waals surface area contributed by atoms with Gasteiger partial charge in [0.1, 0.15) is 0 Å². The second-order valence-corrected chi connectivity index (χ2v) is 8.90. The molecular weight excluding hydrogens is 458 g/mol. The Labute approximate surface area is 201 Å². The van der Waals surface area contributed by atoms with E-state index in [-0.39, 0.29) is 30.0 Å². The first-order valence-corrected chi connectivity index (χ1v) is 11.8. The number of carbonyl (C=O) groups is 3. The zero-order chi connectivity index (χ0) is 23.2. The van der Waals surface area contributed by atoms with Crippen molar-refractivity contribution in [3.63, 3.8) is 0 Å². The highest BCUT2D eigenvalue weighted by Crippen LogP contribution is 2.29. The summed E-state index contributed by atoms with van der Waals surface area (Å²) in [5.41, 5.74) is 3.15. The van der Waals surface area contributed by atoms with Crippen molar-refractivity contribution in [1.29, 1.82) is 0 Å². The molecule has 2 N–H and O–H groups in total. The molecule has 0 aromatic heterocycles. The molecule has 4 rings (SSSR count). The Morgan fingerprint density at radius 1 is 0.939 bits per heavy atom. The summed E-state index contributed by atoms with van der Waals surface area (Å²) in [5, 5.41) is 5.92. The Morgan fingerprint density at radius 2 is 1.67 bits per heavy atom. The summed E-state index contributed by atoms with van der Waals surface area (Å²) in [6.07, 6.45) is 0.851. The average molecular weight is 480 g/mol. The molecule has 1 aliphatic rings. The number of benzene rings is 3. The van der Waals surface area contributed by atoms with E-state index in [4.69, 9.17) is 11.6 Å². The fourth-order valence-electron chi connectivity index (χ4n) is 3.59. The van der Waals surface area contributed by atoms with Crippen LogP contribution >= 0.6 is 23.4 Å². The SMILES string of the molecule is O=C(CNC(=O)c1ccccc1SCC(=O)N1CCc2ccccc21)Nc1ccc(Cl)cc1. The lowest BCUT2D eigenvalue weighted by Crippen LogP contribution is -2.33. The molecule has 168 valence electrons. The third-order valence-corrected chi connectivity index (χ3v) is 6.52. The third-order valence-electron chi connectivity index (χ3n) is 5.21. The van der Waals surface area contributed by atoms with Crippen LogP contribution in [0.3, 0.4) is 0 Å². The summed E-state index contributed by atoms with van der Waals surface area (Å²) in [4.78, 5) is 40.2. The molecule has 0 bridgehead atoms. The van der Waals surface area contributed by atoms with E-state index in [0.29, 0.717) is 27.7 Å². The largest absolute Gasteiger partial charge is 0.343 e. The lowest BCUT2D eigenvalue weighted by molar-refractivity contribution is -0.116. The number of hydrogen-bond acceptors (Lipinski definition) is 4. The number of thioether (sulfide) groups is 1. The maximum absolute atomic E-state index is 12.8. The molecule has 0 aliphatic carbocycles. The van der Waals surface area contributed by atoms with Crippen LogP contribution in [0.1, 0.15) is 15.9 Å². The van der Waals surface area contributed by atoms with Crippen molar-refractivity contribution in [3.05, 3.63) is 88.9 Å². The van der Waals surface area contributed by atoms with Gasteiger partial charge in [-0.1, -0.05) is 41.9 Å². The maximum Gasteiger partial charge on any atom is 0.252 e. The molecule has 0 atom stereocenters. The smallest absolute Gasteiger partial charge is 0.252 e. The quantitative estimate of drug-likeness (QED) is 0.493. The van der Waals surface area contributed by atoms with Gasteiger partial charge in [-0.25, -0.2) is 0 Å². The number of anilines is 2. The van der Waals surface area contributed by atoms with E-state index in [2.05, 4.69) is 10.6 Å². The number of para-hydroxylation sites is 1. The summed E-state index contributed by atoms with van der Waals surface area (Å²) >= 11 is 7.16. The number of amides is 3. The molecule has 0 radical (unpaired) electrons.